The Balaban J connectivity index is 1.47. The smallest absolute Gasteiger partial charge is 0.140 e. The molecule has 4 rings (SSSR count). The van der Waals surface area contributed by atoms with Crippen LogP contribution in [0.4, 0.5) is 11.6 Å². The molecule has 0 aromatic carbocycles. The molecule has 0 amide bonds. The highest BCUT2D eigenvalue weighted by atomic mass is 16.5. The van der Waals surface area contributed by atoms with Gasteiger partial charge in [-0.2, -0.15) is 0 Å². The molecular formula is C22H31N7O. The minimum Gasteiger partial charge on any atom is -0.405 e. The molecule has 4 heterocycles. The van der Waals surface area contributed by atoms with Crippen LogP contribution < -0.4 is 26.6 Å². The van der Waals surface area contributed by atoms with Crippen LogP contribution in [0.5, 0.6) is 0 Å². The van der Waals surface area contributed by atoms with Gasteiger partial charge in [0, 0.05) is 50.4 Å². The van der Waals surface area contributed by atoms with E-state index >= 15 is 0 Å². The quantitative estimate of drug-likeness (QED) is 0.617. The van der Waals surface area contributed by atoms with Gasteiger partial charge in [0.05, 0.1) is 24.6 Å². The fourth-order valence-electron chi connectivity index (χ4n) is 4.07. The largest absolute Gasteiger partial charge is 0.405 e. The summed E-state index contributed by atoms with van der Waals surface area (Å²) in [7, 11) is 0. The normalized spacial score (nSPS) is 19.0. The van der Waals surface area contributed by atoms with Crippen LogP contribution >= 0.6 is 0 Å². The highest BCUT2D eigenvalue weighted by Crippen LogP contribution is 2.31. The van der Waals surface area contributed by atoms with Gasteiger partial charge < -0.3 is 31.3 Å². The van der Waals surface area contributed by atoms with Crippen molar-refractivity contribution in [2.24, 2.45) is 17.4 Å². The monoisotopic (exact) mass is 409 g/mol. The van der Waals surface area contributed by atoms with Crippen molar-refractivity contribution in [1.29, 1.82) is 0 Å². The number of nitrogens with two attached hydrogens (primary N) is 2. The number of hydrogen-bond acceptors (Lipinski definition) is 8. The summed E-state index contributed by atoms with van der Waals surface area (Å²) in [5, 5.41) is 4.41. The number of rotatable bonds is 6. The summed E-state index contributed by atoms with van der Waals surface area (Å²) >= 11 is 0. The van der Waals surface area contributed by atoms with E-state index in [1.165, 1.54) is 6.20 Å². The molecule has 8 nitrogen and oxygen atoms in total. The molecule has 2 saturated heterocycles. The molecule has 2 aromatic heterocycles. The van der Waals surface area contributed by atoms with E-state index in [2.05, 4.69) is 32.2 Å². The zero-order valence-corrected chi connectivity index (χ0v) is 17.3. The van der Waals surface area contributed by atoms with E-state index in [-0.39, 0.29) is 0 Å². The molecule has 2 fully saturated rings. The van der Waals surface area contributed by atoms with Gasteiger partial charge in [0.2, 0.25) is 0 Å². The van der Waals surface area contributed by atoms with Gasteiger partial charge in [-0.05, 0) is 49.2 Å². The van der Waals surface area contributed by atoms with Gasteiger partial charge in [-0.1, -0.05) is 0 Å². The predicted octanol–water partition coefficient (Wildman–Crippen LogP) is 1.54. The van der Waals surface area contributed by atoms with E-state index in [0.29, 0.717) is 11.7 Å². The zero-order valence-electron chi connectivity index (χ0n) is 17.3. The number of aromatic nitrogens is 2. The first-order valence-corrected chi connectivity index (χ1v) is 10.7. The van der Waals surface area contributed by atoms with Crippen molar-refractivity contribution in [1.82, 2.24) is 15.3 Å². The Bertz CT molecular complexity index is 899. The molecule has 160 valence electrons. The number of piperidine rings is 1. The Morgan fingerprint density at radius 1 is 1.20 bits per heavy atom. The Morgan fingerprint density at radius 2 is 2.00 bits per heavy atom. The summed E-state index contributed by atoms with van der Waals surface area (Å²) < 4.78 is 5.50. The fourth-order valence-corrected chi connectivity index (χ4v) is 4.07. The number of pyridine rings is 2. The number of morpholine rings is 1. The second kappa shape index (κ2) is 9.67. The molecule has 0 spiro atoms. The van der Waals surface area contributed by atoms with E-state index in [0.717, 1.165) is 81.3 Å². The first-order chi connectivity index (χ1) is 14.7. The zero-order chi connectivity index (χ0) is 20.8. The van der Waals surface area contributed by atoms with E-state index in [1.807, 2.05) is 12.3 Å². The molecule has 0 unspecified atom stereocenters. The van der Waals surface area contributed by atoms with Gasteiger partial charge >= 0.3 is 0 Å². The van der Waals surface area contributed by atoms with Crippen LogP contribution in [0.25, 0.3) is 10.9 Å². The molecule has 5 N–H and O–H groups in total. The summed E-state index contributed by atoms with van der Waals surface area (Å²) in [6.07, 6.45) is 9.04. The predicted molar refractivity (Wildman–Crippen MR) is 121 cm³/mol. The van der Waals surface area contributed by atoms with Crippen molar-refractivity contribution in [2.75, 3.05) is 55.7 Å². The maximum absolute atomic E-state index is 5.95. The lowest BCUT2D eigenvalue weighted by Gasteiger charge is -2.35. The van der Waals surface area contributed by atoms with Crippen molar-refractivity contribution in [3.63, 3.8) is 0 Å². The van der Waals surface area contributed by atoms with Gasteiger partial charge in [-0.15, -0.1) is 0 Å². The van der Waals surface area contributed by atoms with Crippen LogP contribution in [-0.4, -0.2) is 55.9 Å². The second-order valence-corrected chi connectivity index (χ2v) is 7.79. The molecule has 0 saturated carbocycles. The lowest BCUT2D eigenvalue weighted by molar-refractivity contribution is 0.122. The molecule has 0 bridgehead atoms. The van der Waals surface area contributed by atoms with Crippen LogP contribution in [0, 0.1) is 5.92 Å². The van der Waals surface area contributed by atoms with Crippen molar-refractivity contribution >= 4 is 22.5 Å². The number of nitrogens with one attached hydrogen (secondary N) is 1. The topological polar surface area (TPSA) is 106 Å². The summed E-state index contributed by atoms with van der Waals surface area (Å²) in [4.78, 5) is 14.4. The minimum absolute atomic E-state index is 0.585. The van der Waals surface area contributed by atoms with Gasteiger partial charge in [0.25, 0.3) is 0 Å². The summed E-state index contributed by atoms with van der Waals surface area (Å²) in [5.41, 5.74) is 12.3. The Hall–Kier alpha value is -3.00. The SMILES string of the molecule is N/C=C\C=C(/N)NCC1CCN(c2nc(N3CCOCC3)cc3ncccc23)CC1. The third kappa shape index (κ3) is 4.76. The van der Waals surface area contributed by atoms with Gasteiger partial charge in [0.1, 0.15) is 11.6 Å². The van der Waals surface area contributed by atoms with Crippen molar-refractivity contribution < 1.29 is 4.74 Å². The molecule has 2 aliphatic rings. The summed E-state index contributed by atoms with van der Waals surface area (Å²) in [5.74, 6) is 3.27. The van der Waals surface area contributed by atoms with Crippen LogP contribution in [0.2, 0.25) is 0 Å². The molecule has 30 heavy (non-hydrogen) atoms. The van der Waals surface area contributed by atoms with Gasteiger partial charge in [-0.3, -0.25) is 4.98 Å². The van der Waals surface area contributed by atoms with Gasteiger partial charge in [-0.25, -0.2) is 4.98 Å². The van der Waals surface area contributed by atoms with E-state index in [9.17, 15) is 0 Å². The summed E-state index contributed by atoms with van der Waals surface area (Å²) in [6.45, 7) is 6.05. The molecule has 0 radical (unpaired) electrons. The molecule has 2 aromatic rings. The standard InChI is InChI=1S/C22H31N7O/c23-7-1-4-20(24)26-16-17-5-9-29(10-6-17)22-18-3-2-8-25-19(18)15-21(27-22)28-11-13-30-14-12-28/h1-4,7-8,15,17,26H,5-6,9-14,16,23-24H2/b7-1-,20-4+. The first-order valence-electron chi connectivity index (χ1n) is 10.7. The molecule has 0 atom stereocenters. The number of fused-ring (bicyclic) bond motifs is 1. The highest BCUT2D eigenvalue weighted by Gasteiger charge is 2.23. The molecular weight excluding hydrogens is 378 g/mol. The maximum Gasteiger partial charge on any atom is 0.140 e. The van der Waals surface area contributed by atoms with Crippen molar-refractivity contribution in [3.05, 3.63) is 48.6 Å². The fraction of sp³-hybridized carbons (Fsp3) is 0.455. The van der Waals surface area contributed by atoms with E-state index in [1.54, 1.807) is 12.2 Å². The summed E-state index contributed by atoms with van der Waals surface area (Å²) in [6, 6.07) is 6.22. The second-order valence-electron chi connectivity index (χ2n) is 7.79. The number of ether oxygens (including phenoxy) is 1. The third-order valence-electron chi connectivity index (χ3n) is 5.80. The average Bonchev–Trinajstić information content (AvgIpc) is 2.81. The minimum atomic E-state index is 0.585. The number of hydrogen-bond donors (Lipinski definition) is 3. The first kappa shape index (κ1) is 20.3. The maximum atomic E-state index is 5.95. The van der Waals surface area contributed by atoms with Crippen LogP contribution in [0.3, 0.4) is 0 Å². The Kier molecular flexibility index (Phi) is 6.53. The Labute approximate surface area is 177 Å². The van der Waals surface area contributed by atoms with Crippen LogP contribution in [0.1, 0.15) is 12.8 Å². The van der Waals surface area contributed by atoms with Crippen molar-refractivity contribution in [3.8, 4) is 0 Å². The van der Waals surface area contributed by atoms with Crippen LogP contribution in [0.15, 0.2) is 48.6 Å². The molecule has 2 aliphatic heterocycles. The number of anilines is 2. The highest BCUT2D eigenvalue weighted by molar-refractivity contribution is 5.91. The number of allylic oxidation sites excluding steroid dienone is 2. The number of nitrogens with zero attached hydrogens (tertiary/aromatic N) is 4. The molecule has 0 aliphatic carbocycles. The van der Waals surface area contributed by atoms with Crippen molar-refractivity contribution in [2.45, 2.75) is 12.8 Å². The van der Waals surface area contributed by atoms with Crippen LogP contribution in [-0.2, 0) is 4.74 Å². The van der Waals surface area contributed by atoms with Gasteiger partial charge in [0.15, 0.2) is 0 Å². The third-order valence-corrected chi connectivity index (χ3v) is 5.80. The average molecular weight is 410 g/mol. The molecule has 8 heteroatoms. The lowest BCUT2D eigenvalue weighted by atomic mass is 9.96. The lowest BCUT2D eigenvalue weighted by Crippen LogP contribution is -2.39. The van der Waals surface area contributed by atoms with E-state index in [4.69, 9.17) is 21.2 Å². The van der Waals surface area contributed by atoms with E-state index < -0.39 is 0 Å². The Morgan fingerprint density at radius 3 is 2.77 bits per heavy atom.